The molecule has 1 atom stereocenters. The van der Waals surface area contributed by atoms with Gasteiger partial charge in [0.25, 0.3) is 0 Å². The Bertz CT molecular complexity index is 350. The van der Waals surface area contributed by atoms with Crippen LogP contribution in [0.2, 0.25) is 0 Å². The zero-order valence-corrected chi connectivity index (χ0v) is 10.6. The van der Waals surface area contributed by atoms with Crippen LogP contribution < -0.4 is 11.1 Å². The number of thiophene rings is 1. The number of nitrogens with two attached hydrogens (primary N) is 1. The fourth-order valence-electron chi connectivity index (χ4n) is 1.41. The van der Waals surface area contributed by atoms with Crippen LogP contribution in [0.5, 0.6) is 0 Å². The number of rotatable bonds is 5. The van der Waals surface area contributed by atoms with Gasteiger partial charge in [-0.15, -0.1) is 11.3 Å². The highest BCUT2D eigenvalue weighted by atomic mass is 32.1. The molecule has 1 aromatic heterocycles. The summed E-state index contributed by atoms with van der Waals surface area (Å²) in [5, 5.41) is 5.11. The third kappa shape index (κ3) is 3.21. The minimum absolute atomic E-state index is 0.189. The first kappa shape index (κ1) is 13.0. The molecule has 0 aliphatic heterocycles. The SMILES string of the molecule is COC(=O)[C@@H](NCc1sccc1N)C(C)C. The summed E-state index contributed by atoms with van der Waals surface area (Å²) in [6, 6.07) is 1.58. The molecule has 90 valence electrons. The van der Waals surface area contributed by atoms with Crippen molar-refractivity contribution in [3.63, 3.8) is 0 Å². The van der Waals surface area contributed by atoms with Gasteiger partial charge in [-0.3, -0.25) is 10.1 Å². The third-order valence-electron chi connectivity index (χ3n) is 2.38. The lowest BCUT2D eigenvalue weighted by molar-refractivity contribution is -0.144. The minimum atomic E-state index is -0.286. The monoisotopic (exact) mass is 242 g/mol. The Morgan fingerprint density at radius 3 is 2.75 bits per heavy atom. The zero-order chi connectivity index (χ0) is 12.1. The second kappa shape index (κ2) is 5.86. The highest BCUT2D eigenvalue weighted by Crippen LogP contribution is 2.18. The summed E-state index contributed by atoms with van der Waals surface area (Å²) in [7, 11) is 1.40. The van der Waals surface area contributed by atoms with Crippen molar-refractivity contribution in [2.75, 3.05) is 12.8 Å². The van der Waals surface area contributed by atoms with Crippen LogP contribution in [0.3, 0.4) is 0 Å². The molecular formula is C11H18N2O2S. The van der Waals surface area contributed by atoms with Crippen LogP contribution in [-0.4, -0.2) is 19.1 Å². The molecule has 0 saturated carbocycles. The minimum Gasteiger partial charge on any atom is -0.468 e. The lowest BCUT2D eigenvalue weighted by Crippen LogP contribution is -2.41. The van der Waals surface area contributed by atoms with E-state index >= 15 is 0 Å². The summed E-state index contributed by atoms with van der Waals surface area (Å²) < 4.78 is 4.74. The third-order valence-corrected chi connectivity index (χ3v) is 3.32. The molecule has 0 spiro atoms. The maximum Gasteiger partial charge on any atom is 0.323 e. The molecule has 0 fully saturated rings. The van der Waals surface area contributed by atoms with Crippen molar-refractivity contribution in [1.82, 2.24) is 5.32 Å². The molecule has 3 N–H and O–H groups in total. The molecule has 0 saturated heterocycles. The number of methoxy groups -OCH3 is 1. The Kier molecular flexibility index (Phi) is 4.76. The largest absolute Gasteiger partial charge is 0.468 e. The second-order valence-electron chi connectivity index (χ2n) is 3.92. The highest BCUT2D eigenvalue weighted by Gasteiger charge is 2.22. The van der Waals surface area contributed by atoms with E-state index in [0.717, 1.165) is 10.6 Å². The Hall–Kier alpha value is -1.07. The number of carbonyl (C=O) groups excluding carboxylic acids is 1. The van der Waals surface area contributed by atoms with Gasteiger partial charge in [0.2, 0.25) is 0 Å². The quantitative estimate of drug-likeness (QED) is 0.770. The van der Waals surface area contributed by atoms with E-state index in [1.807, 2.05) is 25.3 Å². The Balaban J connectivity index is 2.57. The van der Waals surface area contributed by atoms with Crippen molar-refractivity contribution in [3.05, 3.63) is 16.3 Å². The van der Waals surface area contributed by atoms with Gasteiger partial charge >= 0.3 is 5.97 Å². The van der Waals surface area contributed by atoms with E-state index in [1.54, 1.807) is 11.3 Å². The number of nitrogen functional groups attached to an aromatic ring is 1. The molecule has 0 aliphatic carbocycles. The first-order valence-electron chi connectivity index (χ1n) is 5.19. The molecule has 0 bridgehead atoms. The number of carbonyl (C=O) groups is 1. The molecule has 0 aromatic carbocycles. The van der Waals surface area contributed by atoms with Gasteiger partial charge in [0.15, 0.2) is 0 Å². The van der Waals surface area contributed by atoms with E-state index in [-0.39, 0.29) is 17.9 Å². The van der Waals surface area contributed by atoms with Crippen LogP contribution >= 0.6 is 11.3 Å². The Morgan fingerprint density at radius 1 is 1.62 bits per heavy atom. The fraction of sp³-hybridized carbons (Fsp3) is 0.545. The second-order valence-corrected chi connectivity index (χ2v) is 4.93. The van der Waals surface area contributed by atoms with Gasteiger partial charge in [0.05, 0.1) is 7.11 Å². The molecule has 4 nitrogen and oxygen atoms in total. The van der Waals surface area contributed by atoms with Crippen molar-refractivity contribution in [2.45, 2.75) is 26.4 Å². The molecule has 1 rings (SSSR count). The van der Waals surface area contributed by atoms with Gasteiger partial charge in [-0.1, -0.05) is 13.8 Å². The molecule has 0 radical (unpaired) electrons. The summed E-state index contributed by atoms with van der Waals surface area (Å²) in [6.45, 7) is 4.56. The van der Waals surface area contributed by atoms with E-state index in [0.29, 0.717) is 6.54 Å². The van der Waals surface area contributed by atoms with E-state index in [2.05, 4.69) is 5.32 Å². The Morgan fingerprint density at radius 2 is 2.31 bits per heavy atom. The summed E-state index contributed by atoms with van der Waals surface area (Å²) in [5.41, 5.74) is 6.53. The van der Waals surface area contributed by atoms with E-state index < -0.39 is 0 Å². The van der Waals surface area contributed by atoms with Crippen molar-refractivity contribution in [3.8, 4) is 0 Å². The van der Waals surface area contributed by atoms with E-state index in [1.165, 1.54) is 7.11 Å². The van der Waals surface area contributed by atoms with Crippen molar-refractivity contribution < 1.29 is 9.53 Å². The average molecular weight is 242 g/mol. The first-order chi connectivity index (χ1) is 7.56. The molecular weight excluding hydrogens is 224 g/mol. The fourth-order valence-corrected chi connectivity index (χ4v) is 2.16. The van der Waals surface area contributed by atoms with Gasteiger partial charge < -0.3 is 10.5 Å². The van der Waals surface area contributed by atoms with Gasteiger partial charge in [-0.05, 0) is 17.4 Å². The predicted molar refractivity (Wildman–Crippen MR) is 66.2 cm³/mol. The van der Waals surface area contributed by atoms with Crippen molar-refractivity contribution in [2.24, 2.45) is 5.92 Å². The lowest BCUT2D eigenvalue weighted by atomic mass is 10.0. The molecule has 0 amide bonds. The Labute approximate surface area is 99.8 Å². The number of ether oxygens (including phenoxy) is 1. The number of nitrogens with one attached hydrogen (secondary N) is 1. The standard InChI is InChI=1S/C11H18N2O2S/c1-7(2)10(11(14)15-3)13-6-9-8(12)4-5-16-9/h4-5,7,10,13H,6,12H2,1-3H3/t10-/m0/s1. The van der Waals surface area contributed by atoms with Crippen LogP contribution in [0.1, 0.15) is 18.7 Å². The summed E-state index contributed by atoms with van der Waals surface area (Å²) in [5.74, 6) is -0.0428. The normalized spacial score (nSPS) is 12.8. The summed E-state index contributed by atoms with van der Waals surface area (Å²) >= 11 is 1.58. The molecule has 0 aliphatic rings. The smallest absolute Gasteiger partial charge is 0.323 e. The van der Waals surface area contributed by atoms with Gasteiger partial charge in [-0.2, -0.15) is 0 Å². The molecule has 0 unspecified atom stereocenters. The zero-order valence-electron chi connectivity index (χ0n) is 9.82. The van der Waals surface area contributed by atoms with Crippen LogP contribution in [-0.2, 0) is 16.1 Å². The molecule has 5 heteroatoms. The number of hydrogen-bond acceptors (Lipinski definition) is 5. The predicted octanol–water partition coefficient (Wildman–Crippen LogP) is 1.62. The van der Waals surface area contributed by atoms with Crippen molar-refractivity contribution in [1.29, 1.82) is 0 Å². The van der Waals surface area contributed by atoms with Crippen LogP contribution in [0, 0.1) is 5.92 Å². The van der Waals surface area contributed by atoms with E-state index in [9.17, 15) is 4.79 Å². The topological polar surface area (TPSA) is 64.3 Å². The van der Waals surface area contributed by atoms with Gasteiger partial charge in [0.1, 0.15) is 6.04 Å². The van der Waals surface area contributed by atoms with Crippen LogP contribution in [0.4, 0.5) is 5.69 Å². The van der Waals surface area contributed by atoms with Gasteiger partial charge in [-0.25, -0.2) is 0 Å². The molecule has 16 heavy (non-hydrogen) atoms. The maximum absolute atomic E-state index is 11.5. The number of hydrogen-bond donors (Lipinski definition) is 2. The first-order valence-corrected chi connectivity index (χ1v) is 6.07. The molecule has 1 heterocycles. The number of esters is 1. The number of anilines is 1. The highest BCUT2D eigenvalue weighted by molar-refractivity contribution is 7.10. The van der Waals surface area contributed by atoms with E-state index in [4.69, 9.17) is 10.5 Å². The van der Waals surface area contributed by atoms with Gasteiger partial charge in [0, 0.05) is 17.1 Å². The maximum atomic E-state index is 11.5. The molecule has 1 aromatic rings. The average Bonchev–Trinajstić information content (AvgIpc) is 2.64. The van der Waals surface area contributed by atoms with Crippen LogP contribution in [0.15, 0.2) is 11.4 Å². The summed E-state index contributed by atoms with van der Waals surface area (Å²) in [4.78, 5) is 12.5. The van der Waals surface area contributed by atoms with Crippen LogP contribution in [0.25, 0.3) is 0 Å². The lowest BCUT2D eigenvalue weighted by Gasteiger charge is -2.19. The summed E-state index contributed by atoms with van der Waals surface area (Å²) in [6.07, 6.45) is 0. The van der Waals surface area contributed by atoms with Crippen molar-refractivity contribution >= 4 is 23.0 Å².